The average molecular weight is 480 g/mol. The first kappa shape index (κ1) is 23.2. The highest BCUT2D eigenvalue weighted by atomic mass is 16.5. The number of hydrogen-bond donors (Lipinski definition) is 2. The predicted octanol–water partition coefficient (Wildman–Crippen LogP) is 5.48. The summed E-state index contributed by atoms with van der Waals surface area (Å²) in [6.07, 6.45) is 0.259. The van der Waals surface area contributed by atoms with Crippen LogP contribution in [0.5, 0.6) is 0 Å². The maximum Gasteiger partial charge on any atom is 0.411 e. The number of anilines is 1. The highest BCUT2D eigenvalue weighted by Crippen LogP contribution is 2.29. The Labute approximate surface area is 208 Å². The Morgan fingerprint density at radius 3 is 2.61 bits per heavy atom. The van der Waals surface area contributed by atoms with Crippen LogP contribution in [0.3, 0.4) is 0 Å². The van der Waals surface area contributed by atoms with E-state index < -0.39 is 6.09 Å². The Morgan fingerprint density at radius 2 is 1.81 bits per heavy atom. The zero-order valence-electron chi connectivity index (χ0n) is 19.8. The van der Waals surface area contributed by atoms with Gasteiger partial charge in [-0.3, -0.25) is 25.2 Å². The highest BCUT2D eigenvalue weighted by molar-refractivity contribution is 6.01. The molecule has 3 aromatic carbocycles. The maximum atomic E-state index is 12.4. The zero-order chi connectivity index (χ0) is 25.1. The normalized spacial score (nSPS) is 15.4. The smallest absolute Gasteiger partial charge is 0.411 e. The molecular formula is C29H25N3O4. The van der Waals surface area contributed by atoms with Gasteiger partial charge in [-0.05, 0) is 59.9 Å². The molecule has 1 aliphatic heterocycles. The topological polar surface area (TPSA) is 97.4 Å². The molecule has 0 spiro atoms. The largest absolute Gasteiger partial charge is 0.444 e. The van der Waals surface area contributed by atoms with Crippen LogP contribution in [-0.4, -0.2) is 22.9 Å². The minimum atomic E-state index is -0.544. The van der Waals surface area contributed by atoms with Gasteiger partial charge in [0.2, 0.25) is 11.8 Å². The van der Waals surface area contributed by atoms with Crippen LogP contribution in [0.4, 0.5) is 10.5 Å². The van der Waals surface area contributed by atoms with Crippen LogP contribution in [0.1, 0.15) is 35.6 Å². The van der Waals surface area contributed by atoms with Crippen molar-refractivity contribution in [2.45, 2.75) is 32.3 Å². The molecule has 2 N–H and O–H groups in total. The van der Waals surface area contributed by atoms with Gasteiger partial charge in [0, 0.05) is 23.2 Å². The van der Waals surface area contributed by atoms with Crippen LogP contribution in [0.2, 0.25) is 0 Å². The molecule has 0 bridgehead atoms. The number of ether oxygens (including phenoxy) is 1. The Kier molecular flexibility index (Phi) is 6.45. The molecule has 36 heavy (non-hydrogen) atoms. The number of amides is 3. The second-order valence-corrected chi connectivity index (χ2v) is 8.84. The second kappa shape index (κ2) is 10.00. The first-order valence-corrected chi connectivity index (χ1v) is 11.8. The molecule has 7 nitrogen and oxygen atoms in total. The summed E-state index contributed by atoms with van der Waals surface area (Å²) < 4.78 is 5.44. The Balaban J connectivity index is 1.25. The number of benzene rings is 3. The van der Waals surface area contributed by atoms with Gasteiger partial charge in [0.1, 0.15) is 6.61 Å². The van der Waals surface area contributed by atoms with E-state index in [9.17, 15) is 14.4 Å². The van der Waals surface area contributed by atoms with Crippen molar-refractivity contribution in [2.75, 3.05) is 5.32 Å². The average Bonchev–Trinajstić information content (AvgIpc) is 2.88. The number of nitrogens with one attached hydrogen (secondary N) is 2. The van der Waals surface area contributed by atoms with Crippen molar-refractivity contribution in [2.24, 2.45) is 0 Å². The molecule has 1 aromatic heterocycles. The van der Waals surface area contributed by atoms with E-state index in [0.717, 1.165) is 38.9 Å². The summed E-state index contributed by atoms with van der Waals surface area (Å²) in [7, 11) is 0. The lowest BCUT2D eigenvalue weighted by Gasteiger charge is -2.22. The molecule has 7 heteroatoms. The van der Waals surface area contributed by atoms with Crippen molar-refractivity contribution in [3.05, 3.63) is 95.7 Å². The fourth-order valence-electron chi connectivity index (χ4n) is 4.47. The van der Waals surface area contributed by atoms with E-state index in [1.165, 1.54) is 0 Å². The van der Waals surface area contributed by atoms with Gasteiger partial charge < -0.3 is 4.74 Å². The molecule has 3 amide bonds. The van der Waals surface area contributed by atoms with Gasteiger partial charge in [0.25, 0.3) is 0 Å². The summed E-state index contributed by atoms with van der Waals surface area (Å²) in [5.74, 6) is -0.896. The maximum absolute atomic E-state index is 12.4. The molecule has 180 valence electrons. The molecule has 1 saturated heterocycles. The third-order valence-electron chi connectivity index (χ3n) is 6.31. The van der Waals surface area contributed by atoms with Crippen LogP contribution >= 0.6 is 0 Å². The lowest BCUT2D eigenvalue weighted by Crippen LogP contribution is -2.39. The molecule has 1 atom stereocenters. The predicted molar refractivity (Wildman–Crippen MR) is 137 cm³/mol. The third kappa shape index (κ3) is 5.10. The van der Waals surface area contributed by atoms with E-state index in [1.807, 2.05) is 85.8 Å². The van der Waals surface area contributed by atoms with Gasteiger partial charge in [0.15, 0.2) is 0 Å². The van der Waals surface area contributed by atoms with Gasteiger partial charge >= 0.3 is 6.09 Å². The number of hydrogen-bond acceptors (Lipinski definition) is 5. The molecule has 4 aromatic rings. The van der Waals surface area contributed by atoms with Gasteiger partial charge in [-0.25, -0.2) is 4.79 Å². The minimum absolute atomic E-state index is 0.0930. The summed E-state index contributed by atoms with van der Waals surface area (Å²) in [4.78, 5) is 40.9. The molecule has 1 fully saturated rings. The Bertz CT molecular complexity index is 1470. The van der Waals surface area contributed by atoms with Crippen LogP contribution in [-0.2, 0) is 20.9 Å². The van der Waals surface area contributed by atoms with Gasteiger partial charge in [0.05, 0.1) is 11.4 Å². The number of carbonyl (C=O) groups is 3. The first-order valence-electron chi connectivity index (χ1n) is 11.8. The third-order valence-corrected chi connectivity index (χ3v) is 6.31. The fourth-order valence-corrected chi connectivity index (χ4v) is 4.47. The number of imide groups is 1. The summed E-state index contributed by atoms with van der Waals surface area (Å²) in [6.45, 7) is 1.95. The summed E-state index contributed by atoms with van der Waals surface area (Å²) in [5, 5.41) is 6.07. The van der Waals surface area contributed by atoms with Crippen LogP contribution < -0.4 is 10.6 Å². The number of aromatic nitrogens is 1. The Hall–Kier alpha value is -4.52. The number of fused-ring (bicyclic) bond motifs is 1. The Morgan fingerprint density at radius 1 is 1.00 bits per heavy atom. The lowest BCUT2D eigenvalue weighted by atomic mass is 9.89. The molecule has 1 unspecified atom stereocenters. The molecular weight excluding hydrogens is 454 g/mol. The molecule has 0 saturated carbocycles. The van der Waals surface area contributed by atoms with Crippen LogP contribution in [0.25, 0.3) is 22.0 Å². The van der Waals surface area contributed by atoms with Crippen molar-refractivity contribution >= 4 is 34.5 Å². The SMILES string of the molecule is Cc1nc2cc(COC(=O)Nc3cccc(-c4ccccc4)c3)ccc2cc1C1CCC(=O)NC1=O. The molecule has 5 rings (SSSR count). The number of rotatable bonds is 5. The summed E-state index contributed by atoms with van der Waals surface area (Å²) in [6, 6.07) is 25.1. The zero-order valence-corrected chi connectivity index (χ0v) is 19.8. The van der Waals surface area contributed by atoms with E-state index in [-0.39, 0.29) is 24.3 Å². The monoisotopic (exact) mass is 479 g/mol. The number of piperidine rings is 1. The molecule has 1 aliphatic rings. The van der Waals surface area contributed by atoms with Crippen molar-refractivity contribution in [1.29, 1.82) is 0 Å². The van der Waals surface area contributed by atoms with Crippen molar-refractivity contribution in [3.8, 4) is 11.1 Å². The van der Waals surface area contributed by atoms with E-state index in [2.05, 4.69) is 15.6 Å². The number of pyridine rings is 1. The van der Waals surface area contributed by atoms with Crippen molar-refractivity contribution in [3.63, 3.8) is 0 Å². The van der Waals surface area contributed by atoms with E-state index in [4.69, 9.17) is 4.74 Å². The van der Waals surface area contributed by atoms with Crippen LogP contribution in [0.15, 0.2) is 78.9 Å². The van der Waals surface area contributed by atoms with Gasteiger partial charge in [-0.15, -0.1) is 0 Å². The van der Waals surface area contributed by atoms with Gasteiger partial charge in [-0.2, -0.15) is 0 Å². The second-order valence-electron chi connectivity index (χ2n) is 8.84. The summed E-state index contributed by atoms with van der Waals surface area (Å²) >= 11 is 0. The fraction of sp³-hybridized carbons (Fsp3) is 0.172. The van der Waals surface area contributed by atoms with Crippen molar-refractivity contribution < 1.29 is 19.1 Å². The first-order chi connectivity index (χ1) is 17.5. The van der Waals surface area contributed by atoms with Gasteiger partial charge in [-0.1, -0.05) is 54.6 Å². The standard InChI is InChI=1S/C29H25N3O4/c1-18-25(24-12-13-27(33)32-28(24)34)16-22-11-10-19(14-26(22)30-18)17-36-29(35)31-23-9-5-8-21(15-23)20-6-3-2-4-7-20/h2-11,14-16,24H,12-13,17H2,1H3,(H,31,35)(H,32,33,34). The number of nitrogens with zero attached hydrogens (tertiary/aromatic N) is 1. The summed E-state index contributed by atoms with van der Waals surface area (Å²) in [5.41, 5.74) is 5.84. The minimum Gasteiger partial charge on any atom is -0.444 e. The number of carbonyl (C=O) groups excluding carboxylic acids is 3. The quantitative estimate of drug-likeness (QED) is 0.370. The van der Waals surface area contributed by atoms with E-state index in [1.54, 1.807) is 0 Å². The van der Waals surface area contributed by atoms with Crippen molar-refractivity contribution in [1.82, 2.24) is 10.3 Å². The lowest BCUT2D eigenvalue weighted by molar-refractivity contribution is -0.134. The molecule has 2 heterocycles. The number of aryl methyl sites for hydroxylation is 1. The van der Waals surface area contributed by atoms with E-state index in [0.29, 0.717) is 18.5 Å². The molecule has 0 radical (unpaired) electrons. The highest BCUT2D eigenvalue weighted by Gasteiger charge is 2.29. The molecule has 0 aliphatic carbocycles. The van der Waals surface area contributed by atoms with Crippen LogP contribution in [0, 0.1) is 6.92 Å². The van der Waals surface area contributed by atoms with E-state index >= 15 is 0 Å².